The molecule has 1 fully saturated rings. The summed E-state index contributed by atoms with van der Waals surface area (Å²) in [7, 11) is 0. The lowest BCUT2D eigenvalue weighted by molar-refractivity contribution is -0.536. The summed E-state index contributed by atoms with van der Waals surface area (Å²) in [6, 6.07) is 78.5. The monoisotopic (exact) mass is 1080 g/mol. The highest BCUT2D eigenvalue weighted by molar-refractivity contribution is 5.84. The van der Waals surface area contributed by atoms with Gasteiger partial charge in [0.15, 0.2) is 0 Å². The van der Waals surface area contributed by atoms with Crippen molar-refractivity contribution < 1.29 is 20.4 Å². The number of nitrogens with zero attached hydrogens (tertiary/aromatic N) is 2. The fraction of sp³-hybridized carbons (Fsp3) is 0.211. The summed E-state index contributed by atoms with van der Waals surface area (Å²) in [6.45, 7) is 17.7. The minimum absolute atomic E-state index is 0.120. The molecule has 2 N–H and O–H groups in total. The highest BCUT2D eigenvalue weighted by Gasteiger charge is 2.41. The lowest BCUT2D eigenvalue weighted by Crippen LogP contribution is -2.63. The van der Waals surface area contributed by atoms with E-state index in [0.717, 1.165) is 45.0 Å². The quantitative estimate of drug-likeness (QED) is 0.100. The fourth-order valence-corrected chi connectivity index (χ4v) is 12.4. The maximum Gasteiger partial charge on any atom is 0.121 e. The van der Waals surface area contributed by atoms with Gasteiger partial charge >= 0.3 is 0 Å². The van der Waals surface area contributed by atoms with Gasteiger partial charge in [0.1, 0.15) is 11.5 Å². The van der Waals surface area contributed by atoms with Gasteiger partial charge in [-0.1, -0.05) is 213 Å². The van der Waals surface area contributed by atoms with E-state index in [-0.39, 0.29) is 11.5 Å². The number of hydrogen-bond donors (Lipinski definition) is 2. The Kier molecular flexibility index (Phi) is 15.8. The van der Waals surface area contributed by atoms with Gasteiger partial charge in [-0.2, -0.15) is 0 Å². The predicted molar refractivity (Wildman–Crippen MR) is 337 cm³/mol. The predicted octanol–water partition coefficient (Wildman–Crippen LogP) is 18.5. The molecule has 1 aliphatic carbocycles. The summed E-state index contributed by atoms with van der Waals surface area (Å²) < 4.78 is 0. The van der Waals surface area contributed by atoms with Crippen molar-refractivity contribution >= 4 is 34.1 Å². The van der Waals surface area contributed by atoms with Crippen molar-refractivity contribution in [3.8, 4) is 56.0 Å². The van der Waals surface area contributed by atoms with Gasteiger partial charge in [-0.25, -0.2) is 0 Å². The van der Waals surface area contributed by atoms with Gasteiger partial charge in [0, 0.05) is 46.3 Å². The van der Waals surface area contributed by atoms with Crippen LogP contribution in [0.3, 0.4) is 0 Å². The average molecular weight is 1080 g/mol. The first-order valence-electron chi connectivity index (χ1n) is 29.0. The van der Waals surface area contributed by atoms with E-state index < -0.39 is 24.0 Å². The molecule has 0 radical (unpaired) electrons. The Morgan fingerprint density at radius 1 is 0.293 bits per heavy atom. The molecule has 10 aromatic rings. The molecule has 0 unspecified atom stereocenters. The molecule has 0 aliphatic heterocycles. The molecule has 6 heteroatoms. The van der Waals surface area contributed by atoms with Crippen molar-refractivity contribution in [2.45, 2.75) is 103 Å². The van der Waals surface area contributed by atoms with Crippen LogP contribution in [0.2, 0.25) is 0 Å². The van der Waals surface area contributed by atoms with E-state index in [2.05, 4.69) is 259 Å². The molecule has 0 saturated heterocycles. The first-order valence-corrected chi connectivity index (χ1v) is 29.0. The molecule has 6 nitrogen and oxygen atoms in total. The van der Waals surface area contributed by atoms with Crippen LogP contribution in [0.5, 0.6) is 11.5 Å². The van der Waals surface area contributed by atoms with Crippen LogP contribution < -0.4 is 20.0 Å². The summed E-state index contributed by atoms with van der Waals surface area (Å²) in [4.78, 5) is 4.19. The van der Waals surface area contributed by atoms with Gasteiger partial charge in [-0.3, -0.25) is 0 Å². The SMILES string of the molecule is CC(C)c1ccccc1-c1ccc(N(c2ccc(-c3ccccc3C(C)C)cc2)c2ccc(C3C([O-])C(c4ccc(N(c5ccc(-c6ccccc6C(C)C)cc5)c5ccc(-c6ccccc6C(C)C)cc5)cc4O)C3[O-])c(O)c2)cc1. The number of hydrogen-bond acceptors (Lipinski definition) is 6. The van der Waals surface area contributed by atoms with Crippen molar-refractivity contribution in [3.63, 3.8) is 0 Å². The highest BCUT2D eigenvalue weighted by atomic mass is 16.3. The Balaban J connectivity index is 0.896. The van der Waals surface area contributed by atoms with Crippen LogP contribution >= 0.6 is 0 Å². The minimum Gasteiger partial charge on any atom is -0.851 e. The minimum atomic E-state index is -1.41. The fourth-order valence-electron chi connectivity index (χ4n) is 12.4. The van der Waals surface area contributed by atoms with Crippen LogP contribution in [0, 0.1) is 0 Å². The maximum absolute atomic E-state index is 14.5. The summed E-state index contributed by atoms with van der Waals surface area (Å²) in [5.41, 5.74) is 19.8. The molecule has 0 bridgehead atoms. The van der Waals surface area contributed by atoms with Crippen LogP contribution in [0.4, 0.5) is 34.1 Å². The average Bonchev–Trinajstić information content (AvgIpc) is 3.47. The number of aromatic hydroxyl groups is 2. The molecule has 412 valence electrons. The van der Waals surface area contributed by atoms with Crippen molar-refractivity contribution in [1.82, 2.24) is 0 Å². The summed E-state index contributed by atoms with van der Waals surface area (Å²) in [6.07, 6.45) is -2.82. The highest BCUT2D eigenvalue weighted by Crippen LogP contribution is 2.52. The normalized spacial score (nSPS) is 16.0. The van der Waals surface area contributed by atoms with Gasteiger partial charge in [0.2, 0.25) is 0 Å². The van der Waals surface area contributed by atoms with Gasteiger partial charge in [-0.15, -0.1) is 12.2 Å². The third-order valence-corrected chi connectivity index (χ3v) is 16.8. The summed E-state index contributed by atoms with van der Waals surface area (Å²) in [5, 5.41) is 52.9. The van der Waals surface area contributed by atoms with Crippen molar-refractivity contribution in [2.75, 3.05) is 9.80 Å². The van der Waals surface area contributed by atoms with E-state index in [1.54, 1.807) is 24.3 Å². The van der Waals surface area contributed by atoms with Crippen molar-refractivity contribution in [2.24, 2.45) is 0 Å². The number of rotatable bonds is 16. The number of benzene rings is 10. The summed E-state index contributed by atoms with van der Waals surface area (Å²) in [5.74, 6) is -0.880. The molecule has 1 saturated carbocycles. The Morgan fingerprint density at radius 3 is 0.732 bits per heavy atom. The lowest BCUT2D eigenvalue weighted by atomic mass is 9.63. The zero-order valence-corrected chi connectivity index (χ0v) is 48.2. The molecule has 10 aromatic carbocycles. The van der Waals surface area contributed by atoms with Gasteiger partial charge in [0.05, 0.1) is 0 Å². The van der Waals surface area contributed by atoms with Crippen LogP contribution in [-0.4, -0.2) is 22.4 Å². The second kappa shape index (κ2) is 23.4. The molecule has 0 atom stereocenters. The standard InChI is InChI=1S/C76H72N2O4/c1-47(2)61-17-9-13-21-65(61)51-25-33-55(34-26-51)77(56-35-27-52(28-36-56)66-22-14-10-18-62(66)48(3)4)59-41-43-69(71(79)45-59)73-75(81)74(76(73)82)70-44-42-60(46-72(70)80)78(57-37-29-53(30-38-57)67-23-15-11-19-63(67)49(5)6)58-39-31-54(32-40-58)68-24-16-12-20-64(68)50(7)8/h9-50,73-76,79-80H,1-8H3/q-2. The first kappa shape index (κ1) is 55.2. The maximum atomic E-state index is 14.5. The van der Waals surface area contributed by atoms with Crippen LogP contribution in [0.1, 0.15) is 124 Å². The van der Waals surface area contributed by atoms with Crippen LogP contribution in [0.25, 0.3) is 44.5 Å². The zero-order valence-electron chi connectivity index (χ0n) is 48.2. The summed E-state index contributed by atoms with van der Waals surface area (Å²) >= 11 is 0. The topological polar surface area (TPSA) is 93.1 Å². The molecule has 0 aromatic heterocycles. The Hall–Kier alpha value is -8.68. The molecular weight excluding hydrogens is 1000 g/mol. The van der Waals surface area contributed by atoms with Crippen molar-refractivity contribution in [3.05, 3.63) is 264 Å². The third-order valence-electron chi connectivity index (χ3n) is 16.8. The Bertz CT molecular complexity index is 3390. The smallest absolute Gasteiger partial charge is 0.121 e. The Labute approximate surface area is 484 Å². The molecule has 0 heterocycles. The Morgan fingerprint density at radius 2 is 0.512 bits per heavy atom. The molecule has 82 heavy (non-hydrogen) atoms. The van der Waals surface area contributed by atoms with E-state index in [9.17, 15) is 20.4 Å². The van der Waals surface area contributed by atoms with E-state index in [0.29, 0.717) is 46.2 Å². The third kappa shape index (κ3) is 10.7. The second-order valence-corrected chi connectivity index (χ2v) is 23.3. The number of anilines is 6. The van der Waals surface area contributed by atoms with E-state index in [4.69, 9.17) is 0 Å². The second-order valence-electron chi connectivity index (χ2n) is 23.3. The molecule has 0 amide bonds. The largest absolute Gasteiger partial charge is 0.851 e. The van der Waals surface area contributed by atoms with E-state index >= 15 is 0 Å². The number of phenolic OH excluding ortho intramolecular Hbond substituents is 2. The van der Waals surface area contributed by atoms with E-state index in [1.807, 2.05) is 12.1 Å². The molecule has 11 rings (SSSR count). The molecule has 1 aliphatic rings. The van der Waals surface area contributed by atoms with Gasteiger partial charge in [-0.05, 0) is 174 Å². The molecule has 0 spiro atoms. The zero-order chi connectivity index (χ0) is 57.3. The lowest BCUT2D eigenvalue weighted by Gasteiger charge is -2.61. The first-order chi connectivity index (χ1) is 39.7. The van der Waals surface area contributed by atoms with E-state index in [1.165, 1.54) is 44.5 Å². The van der Waals surface area contributed by atoms with Gasteiger partial charge in [0.25, 0.3) is 0 Å². The molecular formula is C76H72N2O4-2. The number of phenols is 2. The van der Waals surface area contributed by atoms with Gasteiger partial charge < -0.3 is 30.2 Å². The van der Waals surface area contributed by atoms with Crippen LogP contribution in [0.15, 0.2) is 231 Å². The van der Waals surface area contributed by atoms with Crippen LogP contribution in [-0.2, 0) is 0 Å². The van der Waals surface area contributed by atoms with Crippen molar-refractivity contribution in [1.29, 1.82) is 0 Å².